The quantitative estimate of drug-likeness (QED) is 0.847. The molecule has 1 aliphatic rings. The lowest BCUT2D eigenvalue weighted by atomic mass is 9.97. The molecule has 0 radical (unpaired) electrons. The van der Waals surface area contributed by atoms with Crippen LogP contribution in [0, 0.1) is 5.92 Å². The predicted molar refractivity (Wildman–Crippen MR) is 92.7 cm³/mol. The van der Waals surface area contributed by atoms with E-state index in [4.69, 9.17) is 4.74 Å². The minimum atomic E-state index is -0.0949. The molecule has 0 bridgehead atoms. The largest absolute Gasteiger partial charge is 0.497 e. The number of rotatable bonds is 6. The summed E-state index contributed by atoms with van der Waals surface area (Å²) in [6.45, 7) is 8.00. The second-order valence-corrected chi connectivity index (χ2v) is 6.51. The molecular formula is C18H29N3O2. The highest BCUT2D eigenvalue weighted by Crippen LogP contribution is 2.17. The van der Waals surface area contributed by atoms with E-state index in [1.54, 1.807) is 7.11 Å². The standard InChI is InChI=1S/C18H29N3O2/c1-14(2)21-10-4-5-16(13-21)12-20-18(22)19-11-15-6-8-17(23-3)9-7-15/h6-9,14,16H,4-5,10-13H2,1-3H3,(H2,19,20,22). The number of amides is 2. The van der Waals surface area contributed by atoms with Gasteiger partial charge in [0, 0.05) is 25.7 Å². The number of urea groups is 1. The van der Waals surface area contributed by atoms with Crippen LogP contribution in [-0.4, -0.2) is 43.7 Å². The smallest absolute Gasteiger partial charge is 0.315 e. The second-order valence-electron chi connectivity index (χ2n) is 6.51. The Morgan fingerprint density at radius 3 is 2.70 bits per heavy atom. The van der Waals surface area contributed by atoms with Crippen LogP contribution in [-0.2, 0) is 6.54 Å². The Balaban J connectivity index is 1.68. The summed E-state index contributed by atoms with van der Waals surface area (Å²) in [6.07, 6.45) is 2.42. The van der Waals surface area contributed by atoms with E-state index >= 15 is 0 Å². The number of ether oxygens (including phenoxy) is 1. The van der Waals surface area contributed by atoms with Crippen molar-refractivity contribution in [3.63, 3.8) is 0 Å². The maximum Gasteiger partial charge on any atom is 0.315 e. The Morgan fingerprint density at radius 1 is 1.30 bits per heavy atom. The number of hydrogen-bond acceptors (Lipinski definition) is 3. The van der Waals surface area contributed by atoms with E-state index < -0.39 is 0 Å². The number of methoxy groups -OCH3 is 1. The van der Waals surface area contributed by atoms with Crippen LogP contribution in [0.15, 0.2) is 24.3 Å². The molecule has 5 heteroatoms. The highest BCUT2D eigenvalue weighted by molar-refractivity contribution is 5.73. The molecule has 2 N–H and O–H groups in total. The van der Waals surface area contributed by atoms with Crippen LogP contribution in [0.5, 0.6) is 5.75 Å². The summed E-state index contributed by atoms with van der Waals surface area (Å²) in [7, 11) is 1.65. The van der Waals surface area contributed by atoms with Crippen LogP contribution in [0.3, 0.4) is 0 Å². The topological polar surface area (TPSA) is 53.6 Å². The van der Waals surface area contributed by atoms with Crippen molar-refractivity contribution in [2.75, 3.05) is 26.7 Å². The van der Waals surface area contributed by atoms with Crippen molar-refractivity contribution < 1.29 is 9.53 Å². The first-order chi connectivity index (χ1) is 11.1. The average Bonchev–Trinajstić information content (AvgIpc) is 2.58. The van der Waals surface area contributed by atoms with Crippen molar-refractivity contribution in [1.29, 1.82) is 0 Å². The molecule has 128 valence electrons. The van der Waals surface area contributed by atoms with Crippen molar-refractivity contribution in [1.82, 2.24) is 15.5 Å². The van der Waals surface area contributed by atoms with Gasteiger partial charge in [-0.2, -0.15) is 0 Å². The van der Waals surface area contributed by atoms with Gasteiger partial charge in [0.25, 0.3) is 0 Å². The summed E-state index contributed by atoms with van der Waals surface area (Å²) in [5, 5.41) is 5.91. The minimum absolute atomic E-state index is 0.0949. The number of benzene rings is 1. The second kappa shape index (κ2) is 8.77. The fraction of sp³-hybridized carbons (Fsp3) is 0.611. The fourth-order valence-corrected chi connectivity index (χ4v) is 2.96. The summed E-state index contributed by atoms with van der Waals surface area (Å²) in [5.74, 6) is 1.38. The zero-order chi connectivity index (χ0) is 16.7. The molecule has 1 aromatic carbocycles. The van der Waals surface area contributed by atoms with Crippen LogP contribution in [0.1, 0.15) is 32.3 Å². The summed E-state index contributed by atoms with van der Waals surface area (Å²) in [4.78, 5) is 14.4. The normalized spacial score (nSPS) is 18.7. The molecule has 1 heterocycles. The Hall–Kier alpha value is -1.75. The first kappa shape index (κ1) is 17.6. The molecular weight excluding hydrogens is 290 g/mol. The van der Waals surface area contributed by atoms with Gasteiger partial charge >= 0.3 is 6.03 Å². The molecule has 0 aromatic heterocycles. The summed E-state index contributed by atoms with van der Waals surface area (Å²) in [5.41, 5.74) is 1.06. The van der Waals surface area contributed by atoms with E-state index in [0.29, 0.717) is 18.5 Å². The van der Waals surface area contributed by atoms with Gasteiger partial charge in [0.15, 0.2) is 0 Å². The average molecular weight is 319 g/mol. The zero-order valence-corrected chi connectivity index (χ0v) is 14.5. The molecule has 23 heavy (non-hydrogen) atoms. The monoisotopic (exact) mass is 319 g/mol. The lowest BCUT2D eigenvalue weighted by Gasteiger charge is -2.35. The Bertz CT molecular complexity index is 488. The van der Waals surface area contributed by atoms with Crippen molar-refractivity contribution in [2.24, 2.45) is 5.92 Å². The highest BCUT2D eigenvalue weighted by Gasteiger charge is 2.21. The predicted octanol–water partition coefficient (Wildman–Crippen LogP) is 2.61. The third-order valence-electron chi connectivity index (χ3n) is 4.44. The third-order valence-corrected chi connectivity index (χ3v) is 4.44. The number of carbonyl (C=O) groups excluding carboxylic acids is 1. The molecule has 2 amide bonds. The lowest BCUT2D eigenvalue weighted by Crippen LogP contribution is -2.45. The van der Waals surface area contributed by atoms with Gasteiger partial charge in [-0.15, -0.1) is 0 Å². The van der Waals surface area contributed by atoms with Crippen molar-refractivity contribution >= 4 is 6.03 Å². The number of piperidine rings is 1. The Kier molecular flexibility index (Phi) is 6.71. The van der Waals surface area contributed by atoms with Crippen LogP contribution < -0.4 is 15.4 Å². The van der Waals surface area contributed by atoms with E-state index in [9.17, 15) is 4.79 Å². The van der Waals surface area contributed by atoms with Crippen LogP contribution in [0.2, 0.25) is 0 Å². The summed E-state index contributed by atoms with van der Waals surface area (Å²) < 4.78 is 5.12. The van der Waals surface area contributed by atoms with E-state index in [2.05, 4.69) is 29.4 Å². The molecule has 0 saturated carbocycles. The third kappa shape index (κ3) is 5.75. The highest BCUT2D eigenvalue weighted by atomic mass is 16.5. The number of likely N-dealkylation sites (tertiary alicyclic amines) is 1. The van der Waals surface area contributed by atoms with Gasteiger partial charge in [-0.25, -0.2) is 4.79 Å². The first-order valence-corrected chi connectivity index (χ1v) is 8.47. The number of hydrogen-bond donors (Lipinski definition) is 2. The van der Waals surface area contributed by atoms with Gasteiger partial charge in [0.1, 0.15) is 5.75 Å². The molecule has 1 atom stereocenters. The molecule has 1 unspecified atom stereocenters. The van der Waals surface area contributed by atoms with Crippen LogP contribution in [0.25, 0.3) is 0 Å². The molecule has 1 aliphatic heterocycles. The van der Waals surface area contributed by atoms with E-state index in [0.717, 1.165) is 24.4 Å². The maximum atomic E-state index is 11.9. The maximum absolute atomic E-state index is 11.9. The molecule has 2 rings (SSSR count). The molecule has 0 aliphatic carbocycles. The van der Waals surface area contributed by atoms with Crippen molar-refractivity contribution in [3.05, 3.63) is 29.8 Å². The van der Waals surface area contributed by atoms with Crippen LogP contribution in [0.4, 0.5) is 4.79 Å². The first-order valence-electron chi connectivity index (χ1n) is 8.47. The van der Waals surface area contributed by atoms with Crippen LogP contribution >= 0.6 is 0 Å². The molecule has 1 fully saturated rings. The van der Waals surface area contributed by atoms with Gasteiger partial charge in [-0.05, 0) is 56.8 Å². The summed E-state index contributed by atoms with van der Waals surface area (Å²) >= 11 is 0. The summed E-state index contributed by atoms with van der Waals surface area (Å²) in [6, 6.07) is 8.21. The SMILES string of the molecule is COc1ccc(CNC(=O)NCC2CCCN(C(C)C)C2)cc1. The number of carbonyl (C=O) groups is 1. The van der Waals surface area contributed by atoms with E-state index in [1.165, 1.54) is 19.4 Å². The van der Waals surface area contributed by atoms with Gasteiger partial charge in [-0.3, -0.25) is 0 Å². The van der Waals surface area contributed by atoms with Gasteiger partial charge < -0.3 is 20.3 Å². The lowest BCUT2D eigenvalue weighted by molar-refractivity contribution is 0.139. The fourth-order valence-electron chi connectivity index (χ4n) is 2.96. The molecule has 1 aromatic rings. The van der Waals surface area contributed by atoms with Crippen molar-refractivity contribution in [2.45, 2.75) is 39.3 Å². The Morgan fingerprint density at radius 2 is 2.04 bits per heavy atom. The van der Waals surface area contributed by atoms with Gasteiger partial charge in [0.2, 0.25) is 0 Å². The minimum Gasteiger partial charge on any atom is -0.497 e. The molecule has 1 saturated heterocycles. The number of nitrogens with zero attached hydrogens (tertiary/aromatic N) is 1. The van der Waals surface area contributed by atoms with E-state index in [1.807, 2.05) is 24.3 Å². The molecule has 5 nitrogen and oxygen atoms in total. The van der Waals surface area contributed by atoms with Gasteiger partial charge in [-0.1, -0.05) is 12.1 Å². The van der Waals surface area contributed by atoms with Gasteiger partial charge in [0.05, 0.1) is 7.11 Å². The van der Waals surface area contributed by atoms with E-state index in [-0.39, 0.29) is 6.03 Å². The van der Waals surface area contributed by atoms with Crippen molar-refractivity contribution in [3.8, 4) is 5.75 Å². The Labute approximate surface area is 139 Å². The molecule has 0 spiro atoms. The number of nitrogens with one attached hydrogen (secondary N) is 2. The zero-order valence-electron chi connectivity index (χ0n) is 14.5.